The molecule has 0 fully saturated rings. The van der Waals surface area contributed by atoms with Gasteiger partial charge in [0.15, 0.2) is 0 Å². The number of nitro groups is 1. The number of carbonyl (C=O) groups excluding carboxylic acids is 1. The Balaban J connectivity index is 2.50. The van der Waals surface area contributed by atoms with Gasteiger partial charge in [-0.05, 0) is 16.3 Å². The van der Waals surface area contributed by atoms with E-state index in [1.165, 1.54) is 0 Å². The molecule has 0 heterocycles. The third-order valence-electron chi connectivity index (χ3n) is 3.71. The van der Waals surface area contributed by atoms with Gasteiger partial charge in [-0.15, -0.1) is 0 Å². The highest BCUT2D eigenvalue weighted by atomic mass is 16.6. The molecule has 0 aliphatic carbocycles. The van der Waals surface area contributed by atoms with Crippen molar-refractivity contribution < 1.29 is 9.72 Å². The number of hydrogen-bond donors (Lipinski definition) is 0. The standard InChI is InChI=1S/C16H17NO3/c1-16(2,11-18)15(10-17(19)20)14-8-7-12-5-3-4-6-13(12)9-14/h3-9,11,15H,10H2,1-2H3/t15-/m0/s1. The number of hydrogen-bond acceptors (Lipinski definition) is 3. The molecule has 2 aromatic rings. The summed E-state index contributed by atoms with van der Waals surface area (Å²) in [7, 11) is 0. The lowest BCUT2D eigenvalue weighted by molar-refractivity contribution is -0.485. The number of nitrogens with zero attached hydrogens (tertiary/aromatic N) is 1. The van der Waals surface area contributed by atoms with Crippen LogP contribution in [0.4, 0.5) is 0 Å². The topological polar surface area (TPSA) is 60.2 Å². The first kappa shape index (κ1) is 14.2. The van der Waals surface area contributed by atoms with Crippen molar-refractivity contribution in [3.05, 3.63) is 58.1 Å². The number of fused-ring (bicyclic) bond motifs is 1. The van der Waals surface area contributed by atoms with Crippen LogP contribution < -0.4 is 0 Å². The van der Waals surface area contributed by atoms with E-state index in [2.05, 4.69) is 0 Å². The fourth-order valence-corrected chi connectivity index (χ4v) is 2.43. The normalized spacial score (nSPS) is 13.1. The van der Waals surface area contributed by atoms with Crippen molar-refractivity contribution in [2.75, 3.05) is 6.54 Å². The fraction of sp³-hybridized carbons (Fsp3) is 0.312. The van der Waals surface area contributed by atoms with Crippen LogP contribution >= 0.6 is 0 Å². The van der Waals surface area contributed by atoms with E-state index in [1.54, 1.807) is 13.8 Å². The van der Waals surface area contributed by atoms with Crippen LogP contribution in [0.1, 0.15) is 25.3 Å². The maximum atomic E-state index is 11.3. The van der Waals surface area contributed by atoms with Gasteiger partial charge in [-0.1, -0.05) is 56.3 Å². The van der Waals surface area contributed by atoms with Crippen LogP contribution in [0.5, 0.6) is 0 Å². The van der Waals surface area contributed by atoms with E-state index in [-0.39, 0.29) is 11.5 Å². The average Bonchev–Trinajstić information content (AvgIpc) is 2.44. The van der Waals surface area contributed by atoms with Gasteiger partial charge in [-0.3, -0.25) is 10.1 Å². The van der Waals surface area contributed by atoms with Gasteiger partial charge in [0.2, 0.25) is 6.54 Å². The third-order valence-corrected chi connectivity index (χ3v) is 3.71. The predicted octanol–water partition coefficient (Wildman–Crippen LogP) is 3.43. The van der Waals surface area contributed by atoms with Crippen LogP contribution in [0, 0.1) is 15.5 Å². The highest BCUT2D eigenvalue weighted by molar-refractivity contribution is 5.83. The minimum absolute atomic E-state index is 0.246. The summed E-state index contributed by atoms with van der Waals surface area (Å²) in [5, 5.41) is 13.0. The Labute approximate surface area is 117 Å². The second-order valence-corrected chi connectivity index (χ2v) is 5.61. The third kappa shape index (κ3) is 2.85. The molecule has 4 heteroatoms. The Hall–Kier alpha value is -2.23. The maximum absolute atomic E-state index is 11.3. The van der Waals surface area contributed by atoms with Gasteiger partial charge in [0, 0.05) is 10.3 Å². The molecule has 0 spiro atoms. The summed E-state index contributed by atoms with van der Waals surface area (Å²) in [6.45, 7) is 3.23. The average molecular weight is 271 g/mol. The first-order valence-electron chi connectivity index (χ1n) is 6.51. The monoisotopic (exact) mass is 271 g/mol. The van der Waals surface area contributed by atoms with E-state index in [9.17, 15) is 14.9 Å². The van der Waals surface area contributed by atoms with Crippen molar-refractivity contribution in [3.63, 3.8) is 0 Å². The summed E-state index contributed by atoms with van der Waals surface area (Å²) in [4.78, 5) is 21.8. The molecular formula is C16H17NO3. The van der Waals surface area contributed by atoms with E-state index < -0.39 is 11.3 Å². The Bertz CT molecular complexity index is 649. The van der Waals surface area contributed by atoms with Crippen molar-refractivity contribution in [2.24, 2.45) is 5.41 Å². The molecule has 20 heavy (non-hydrogen) atoms. The molecule has 0 unspecified atom stereocenters. The van der Waals surface area contributed by atoms with Gasteiger partial charge >= 0.3 is 0 Å². The summed E-state index contributed by atoms with van der Waals surface area (Å²) in [5.41, 5.74) is 0.0627. The Kier molecular flexibility index (Phi) is 3.84. The minimum atomic E-state index is -0.768. The Morgan fingerprint density at radius 2 is 1.85 bits per heavy atom. The predicted molar refractivity (Wildman–Crippen MR) is 78.4 cm³/mol. The number of rotatable bonds is 5. The molecule has 0 saturated carbocycles. The molecule has 1 atom stereocenters. The van der Waals surface area contributed by atoms with Gasteiger partial charge in [0.25, 0.3) is 0 Å². The van der Waals surface area contributed by atoms with E-state index >= 15 is 0 Å². The number of benzene rings is 2. The van der Waals surface area contributed by atoms with Gasteiger partial charge < -0.3 is 4.79 Å². The van der Waals surface area contributed by atoms with E-state index in [0.29, 0.717) is 0 Å². The molecule has 104 valence electrons. The zero-order chi connectivity index (χ0) is 14.8. The van der Waals surface area contributed by atoms with Crippen molar-refractivity contribution in [3.8, 4) is 0 Å². The fourth-order valence-electron chi connectivity index (χ4n) is 2.43. The molecule has 0 amide bonds. The van der Waals surface area contributed by atoms with Crippen LogP contribution in [0.3, 0.4) is 0 Å². The molecular weight excluding hydrogens is 254 g/mol. The highest BCUT2D eigenvalue weighted by Gasteiger charge is 2.34. The van der Waals surface area contributed by atoms with Crippen LogP contribution in [-0.2, 0) is 4.79 Å². The molecule has 2 aromatic carbocycles. The summed E-state index contributed by atoms with van der Waals surface area (Å²) in [5.74, 6) is -0.431. The van der Waals surface area contributed by atoms with E-state index in [1.807, 2.05) is 42.5 Å². The summed E-state index contributed by atoms with van der Waals surface area (Å²) in [6.07, 6.45) is 0.802. The summed E-state index contributed by atoms with van der Waals surface area (Å²) >= 11 is 0. The van der Waals surface area contributed by atoms with Crippen LogP contribution in [0.2, 0.25) is 0 Å². The smallest absolute Gasteiger partial charge is 0.211 e. The molecule has 0 aromatic heterocycles. The van der Waals surface area contributed by atoms with Crippen LogP contribution in [0.25, 0.3) is 10.8 Å². The van der Waals surface area contributed by atoms with Gasteiger partial charge in [-0.25, -0.2) is 0 Å². The van der Waals surface area contributed by atoms with Crippen LogP contribution in [0.15, 0.2) is 42.5 Å². The van der Waals surface area contributed by atoms with Gasteiger partial charge in [0.1, 0.15) is 6.29 Å². The van der Waals surface area contributed by atoms with Crippen molar-refractivity contribution in [1.82, 2.24) is 0 Å². The molecule has 0 bridgehead atoms. The zero-order valence-corrected chi connectivity index (χ0v) is 11.6. The van der Waals surface area contributed by atoms with E-state index in [0.717, 1.165) is 22.6 Å². The first-order chi connectivity index (χ1) is 9.44. The lowest BCUT2D eigenvalue weighted by Crippen LogP contribution is -2.29. The minimum Gasteiger partial charge on any atom is -0.303 e. The lowest BCUT2D eigenvalue weighted by Gasteiger charge is -2.26. The zero-order valence-electron chi connectivity index (χ0n) is 11.6. The van der Waals surface area contributed by atoms with Crippen LogP contribution in [-0.4, -0.2) is 17.8 Å². The molecule has 0 N–H and O–H groups in total. The quantitative estimate of drug-likeness (QED) is 0.475. The lowest BCUT2D eigenvalue weighted by atomic mass is 9.75. The molecule has 4 nitrogen and oxygen atoms in total. The van der Waals surface area contributed by atoms with Gasteiger partial charge in [-0.2, -0.15) is 0 Å². The molecule has 0 saturated heterocycles. The number of aldehydes is 1. The SMILES string of the molecule is CC(C)(C=O)[C@@H](C[N+](=O)[O-])c1ccc2ccccc2c1. The Morgan fingerprint density at radius 1 is 1.20 bits per heavy atom. The number of carbonyl (C=O) groups is 1. The Morgan fingerprint density at radius 3 is 2.45 bits per heavy atom. The van der Waals surface area contributed by atoms with Crippen molar-refractivity contribution >= 4 is 17.1 Å². The molecule has 0 radical (unpaired) electrons. The first-order valence-corrected chi connectivity index (χ1v) is 6.51. The molecule has 2 rings (SSSR count). The molecule has 0 aliphatic heterocycles. The maximum Gasteiger partial charge on any atom is 0.211 e. The highest BCUT2D eigenvalue weighted by Crippen LogP contribution is 2.35. The largest absolute Gasteiger partial charge is 0.303 e. The molecule has 0 aliphatic rings. The van der Waals surface area contributed by atoms with E-state index in [4.69, 9.17) is 0 Å². The van der Waals surface area contributed by atoms with Crippen molar-refractivity contribution in [1.29, 1.82) is 0 Å². The summed E-state index contributed by atoms with van der Waals surface area (Å²) < 4.78 is 0. The second-order valence-electron chi connectivity index (χ2n) is 5.61. The van der Waals surface area contributed by atoms with Crippen molar-refractivity contribution in [2.45, 2.75) is 19.8 Å². The second kappa shape index (κ2) is 5.41. The van der Waals surface area contributed by atoms with Gasteiger partial charge in [0.05, 0.1) is 5.92 Å². The summed E-state index contributed by atoms with van der Waals surface area (Å²) in [6, 6.07) is 13.6.